The lowest BCUT2D eigenvalue weighted by Gasteiger charge is -2.23. The Balaban J connectivity index is 4.02. The van der Waals surface area contributed by atoms with E-state index in [1.165, 1.54) is 0 Å². The molecule has 0 bridgehead atoms. The molecule has 0 aliphatic rings. The highest BCUT2D eigenvalue weighted by molar-refractivity contribution is 4.97. The zero-order chi connectivity index (χ0) is 8.91. The van der Waals surface area contributed by atoms with Gasteiger partial charge in [-0.05, 0) is 20.3 Å². The maximum Gasteiger partial charge on any atom is 0.0675 e. The van der Waals surface area contributed by atoms with E-state index in [-0.39, 0.29) is 5.92 Å². The Hall–Kier alpha value is -1.06. The third-order valence-electron chi connectivity index (χ3n) is 1.60. The molecule has 2 N–H and O–H groups in total. The minimum atomic E-state index is -0.494. The van der Waals surface area contributed by atoms with Gasteiger partial charge in [0.05, 0.1) is 18.1 Å². The first-order valence-corrected chi connectivity index (χ1v) is 3.58. The molecule has 0 aliphatic heterocycles. The summed E-state index contributed by atoms with van der Waals surface area (Å²) in [4.78, 5) is 0. The van der Waals surface area contributed by atoms with E-state index in [0.29, 0.717) is 12.8 Å². The van der Waals surface area contributed by atoms with Crippen LogP contribution in [0.2, 0.25) is 0 Å². The van der Waals surface area contributed by atoms with E-state index < -0.39 is 5.54 Å². The Morgan fingerprint density at radius 1 is 1.45 bits per heavy atom. The van der Waals surface area contributed by atoms with E-state index in [0.717, 1.165) is 0 Å². The fourth-order valence-corrected chi connectivity index (χ4v) is 0.812. The van der Waals surface area contributed by atoms with Crippen molar-refractivity contribution in [3.8, 4) is 12.1 Å². The molecule has 11 heavy (non-hydrogen) atoms. The van der Waals surface area contributed by atoms with E-state index >= 15 is 0 Å². The number of hydrogen-bond acceptors (Lipinski definition) is 3. The SMILES string of the molecule is CC(C)(N)C(C#N)CCC#N. The Labute approximate surface area is 67.4 Å². The fourth-order valence-electron chi connectivity index (χ4n) is 0.812. The van der Waals surface area contributed by atoms with Gasteiger partial charge < -0.3 is 5.73 Å². The zero-order valence-corrected chi connectivity index (χ0v) is 6.96. The Morgan fingerprint density at radius 3 is 2.27 bits per heavy atom. The van der Waals surface area contributed by atoms with E-state index in [4.69, 9.17) is 16.3 Å². The van der Waals surface area contributed by atoms with Gasteiger partial charge in [0, 0.05) is 12.0 Å². The molecule has 0 heterocycles. The summed E-state index contributed by atoms with van der Waals surface area (Å²) in [5, 5.41) is 16.9. The van der Waals surface area contributed by atoms with E-state index in [1.807, 2.05) is 6.07 Å². The van der Waals surface area contributed by atoms with Crippen LogP contribution >= 0.6 is 0 Å². The van der Waals surface area contributed by atoms with E-state index in [1.54, 1.807) is 13.8 Å². The molecule has 0 aliphatic carbocycles. The third kappa shape index (κ3) is 3.60. The predicted octanol–water partition coefficient (Wildman–Crippen LogP) is 1.17. The van der Waals surface area contributed by atoms with Gasteiger partial charge >= 0.3 is 0 Å². The lowest BCUT2D eigenvalue weighted by Crippen LogP contribution is -2.40. The average molecular weight is 151 g/mol. The molecule has 0 aromatic heterocycles. The van der Waals surface area contributed by atoms with Gasteiger partial charge in [-0.1, -0.05) is 0 Å². The largest absolute Gasteiger partial charge is 0.324 e. The molecule has 1 atom stereocenters. The molecule has 3 heteroatoms. The van der Waals surface area contributed by atoms with Gasteiger partial charge in [-0.3, -0.25) is 0 Å². The van der Waals surface area contributed by atoms with Crippen LogP contribution in [-0.4, -0.2) is 5.54 Å². The molecule has 0 saturated heterocycles. The van der Waals surface area contributed by atoms with E-state index in [9.17, 15) is 0 Å². The van der Waals surface area contributed by atoms with Crippen LogP contribution in [0.15, 0.2) is 0 Å². The first kappa shape index (κ1) is 9.94. The van der Waals surface area contributed by atoms with Gasteiger partial charge in [-0.25, -0.2) is 0 Å². The van der Waals surface area contributed by atoms with Crippen molar-refractivity contribution in [2.45, 2.75) is 32.2 Å². The molecule has 0 aromatic carbocycles. The molecular formula is C8H13N3. The molecule has 0 aromatic rings. The fraction of sp³-hybridized carbons (Fsp3) is 0.750. The highest BCUT2D eigenvalue weighted by atomic mass is 14.7. The van der Waals surface area contributed by atoms with Crippen molar-refractivity contribution in [2.75, 3.05) is 0 Å². The second-order valence-corrected chi connectivity index (χ2v) is 3.20. The molecule has 60 valence electrons. The highest BCUT2D eigenvalue weighted by Crippen LogP contribution is 2.17. The van der Waals surface area contributed by atoms with Crippen molar-refractivity contribution < 1.29 is 0 Å². The molecule has 0 amide bonds. The van der Waals surface area contributed by atoms with Crippen LogP contribution in [-0.2, 0) is 0 Å². The van der Waals surface area contributed by atoms with Crippen LogP contribution in [0.3, 0.4) is 0 Å². The van der Waals surface area contributed by atoms with Gasteiger partial charge in [-0.15, -0.1) is 0 Å². The van der Waals surface area contributed by atoms with Gasteiger partial charge in [0.25, 0.3) is 0 Å². The summed E-state index contributed by atoms with van der Waals surface area (Å²) in [6.45, 7) is 3.61. The third-order valence-corrected chi connectivity index (χ3v) is 1.60. The first-order chi connectivity index (χ1) is 5.02. The van der Waals surface area contributed by atoms with Crippen molar-refractivity contribution in [1.82, 2.24) is 0 Å². The van der Waals surface area contributed by atoms with Crippen LogP contribution in [0, 0.1) is 28.6 Å². The van der Waals surface area contributed by atoms with Gasteiger partial charge in [-0.2, -0.15) is 10.5 Å². The summed E-state index contributed by atoms with van der Waals surface area (Å²) in [5.41, 5.74) is 5.20. The summed E-state index contributed by atoms with van der Waals surface area (Å²) in [5.74, 6) is -0.220. The second-order valence-electron chi connectivity index (χ2n) is 3.20. The molecule has 0 saturated carbocycles. The van der Waals surface area contributed by atoms with Crippen molar-refractivity contribution in [3.63, 3.8) is 0 Å². The summed E-state index contributed by atoms with van der Waals surface area (Å²) in [6.07, 6.45) is 0.968. The smallest absolute Gasteiger partial charge is 0.0675 e. The molecule has 0 spiro atoms. The molecule has 0 fully saturated rings. The Kier molecular flexibility index (Phi) is 3.57. The van der Waals surface area contributed by atoms with Gasteiger partial charge in [0.15, 0.2) is 0 Å². The summed E-state index contributed by atoms with van der Waals surface area (Å²) < 4.78 is 0. The Morgan fingerprint density at radius 2 is 2.00 bits per heavy atom. The standard InChI is InChI=1S/C8H13N3/c1-8(2,11)7(6-10)4-3-5-9/h7H,3-4,11H2,1-2H3. The summed E-state index contributed by atoms with van der Waals surface area (Å²) in [7, 11) is 0. The van der Waals surface area contributed by atoms with Crippen molar-refractivity contribution in [2.24, 2.45) is 11.7 Å². The zero-order valence-electron chi connectivity index (χ0n) is 6.96. The monoisotopic (exact) mass is 151 g/mol. The topological polar surface area (TPSA) is 73.6 Å². The normalized spacial score (nSPS) is 13.2. The maximum absolute atomic E-state index is 8.65. The van der Waals surface area contributed by atoms with Crippen LogP contribution < -0.4 is 5.73 Å². The number of nitriles is 2. The molecule has 1 unspecified atom stereocenters. The minimum absolute atomic E-state index is 0.220. The highest BCUT2D eigenvalue weighted by Gasteiger charge is 2.23. The van der Waals surface area contributed by atoms with E-state index in [2.05, 4.69) is 6.07 Å². The van der Waals surface area contributed by atoms with Crippen LogP contribution in [0.5, 0.6) is 0 Å². The van der Waals surface area contributed by atoms with Gasteiger partial charge in [0.1, 0.15) is 0 Å². The number of nitrogens with two attached hydrogens (primary N) is 1. The molecule has 0 radical (unpaired) electrons. The van der Waals surface area contributed by atoms with Crippen molar-refractivity contribution in [1.29, 1.82) is 10.5 Å². The van der Waals surface area contributed by atoms with Crippen LogP contribution in [0.4, 0.5) is 0 Å². The molecule has 0 rings (SSSR count). The second kappa shape index (κ2) is 3.95. The minimum Gasteiger partial charge on any atom is -0.324 e. The molecule has 3 nitrogen and oxygen atoms in total. The Bertz CT molecular complexity index is 189. The number of nitrogens with zero attached hydrogens (tertiary/aromatic N) is 2. The van der Waals surface area contributed by atoms with Crippen LogP contribution in [0.25, 0.3) is 0 Å². The maximum atomic E-state index is 8.65. The van der Waals surface area contributed by atoms with Crippen molar-refractivity contribution >= 4 is 0 Å². The lowest BCUT2D eigenvalue weighted by atomic mass is 9.86. The van der Waals surface area contributed by atoms with Crippen LogP contribution in [0.1, 0.15) is 26.7 Å². The summed E-state index contributed by atoms with van der Waals surface area (Å²) >= 11 is 0. The first-order valence-electron chi connectivity index (χ1n) is 3.58. The van der Waals surface area contributed by atoms with Gasteiger partial charge in [0.2, 0.25) is 0 Å². The quantitative estimate of drug-likeness (QED) is 0.657. The average Bonchev–Trinajstić information content (AvgIpc) is 1.87. The number of rotatable bonds is 3. The molecular weight excluding hydrogens is 138 g/mol. The summed E-state index contributed by atoms with van der Waals surface area (Å²) in [6, 6.07) is 4.10. The van der Waals surface area contributed by atoms with Crippen molar-refractivity contribution in [3.05, 3.63) is 0 Å². The predicted molar refractivity (Wildman–Crippen MR) is 42.2 cm³/mol. The lowest BCUT2D eigenvalue weighted by molar-refractivity contribution is 0.374. The number of hydrogen-bond donors (Lipinski definition) is 1.